The van der Waals surface area contributed by atoms with Crippen LogP contribution in [0.1, 0.15) is 19.3 Å². The van der Waals surface area contributed by atoms with Crippen LogP contribution >= 0.6 is 0 Å². The molecule has 2 aliphatic heterocycles. The summed E-state index contributed by atoms with van der Waals surface area (Å²) in [5.41, 5.74) is 0. The average Bonchev–Trinajstić information content (AvgIpc) is 2.72. The van der Waals surface area contributed by atoms with Gasteiger partial charge in [0, 0.05) is 63.5 Å². The Hall–Kier alpha value is -1.69. The first kappa shape index (κ1) is 18.7. The van der Waals surface area contributed by atoms with Crippen LogP contribution in [0.2, 0.25) is 0 Å². The lowest BCUT2D eigenvalue weighted by Gasteiger charge is -2.47. The van der Waals surface area contributed by atoms with E-state index in [0.29, 0.717) is 18.6 Å². The summed E-state index contributed by atoms with van der Waals surface area (Å²) >= 11 is 0. The number of anilines is 1. The lowest BCUT2D eigenvalue weighted by molar-refractivity contribution is 0.0637. The molecule has 5 nitrogen and oxygen atoms in total. The van der Waals surface area contributed by atoms with Gasteiger partial charge in [0.2, 0.25) is 0 Å². The molecule has 2 atom stereocenters. The van der Waals surface area contributed by atoms with Gasteiger partial charge in [-0.25, -0.2) is 4.98 Å². The molecular formula is C22H32N4O. The van der Waals surface area contributed by atoms with Gasteiger partial charge < -0.3 is 14.9 Å². The van der Waals surface area contributed by atoms with Gasteiger partial charge in [-0.1, -0.05) is 24.3 Å². The van der Waals surface area contributed by atoms with Gasteiger partial charge in [-0.3, -0.25) is 4.90 Å². The Morgan fingerprint density at radius 1 is 1.07 bits per heavy atom. The normalized spacial score (nSPS) is 25.2. The highest BCUT2D eigenvalue weighted by Crippen LogP contribution is 2.32. The fourth-order valence-corrected chi connectivity index (χ4v) is 4.84. The molecule has 2 fully saturated rings. The monoisotopic (exact) mass is 368 g/mol. The molecule has 0 unspecified atom stereocenters. The molecule has 27 heavy (non-hydrogen) atoms. The van der Waals surface area contributed by atoms with Crippen molar-refractivity contribution in [1.82, 2.24) is 14.8 Å². The summed E-state index contributed by atoms with van der Waals surface area (Å²) < 4.78 is 0. The number of fused-ring (bicyclic) bond motifs is 1. The predicted molar refractivity (Wildman–Crippen MR) is 111 cm³/mol. The summed E-state index contributed by atoms with van der Waals surface area (Å²) in [4.78, 5) is 12.4. The molecule has 146 valence electrons. The zero-order chi connectivity index (χ0) is 18.6. The molecule has 3 heterocycles. The average molecular weight is 369 g/mol. The number of aliphatic hydroxyl groups is 1. The van der Waals surface area contributed by atoms with Gasteiger partial charge in [-0.2, -0.15) is 0 Å². The van der Waals surface area contributed by atoms with Crippen LogP contribution in [-0.2, 0) is 0 Å². The van der Waals surface area contributed by atoms with Crippen molar-refractivity contribution in [1.29, 1.82) is 0 Å². The third-order valence-electron chi connectivity index (χ3n) is 6.39. The number of hydrogen-bond donors (Lipinski definition) is 1. The van der Waals surface area contributed by atoms with Crippen LogP contribution in [0.5, 0.6) is 0 Å². The molecule has 2 saturated heterocycles. The minimum absolute atomic E-state index is 0.290. The quantitative estimate of drug-likeness (QED) is 0.878. The molecule has 4 rings (SSSR count). The summed E-state index contributed by atoms with van der Waals surface area (Å²) in [5.74, 6) is 1.72. The summed E-state index contributed by atoms with van der Waals surface area (Å²) in [6.07, 6.45) is 5.11. The minimum Gasteiger partial charge on any atom is -0.396 e. The molecule has 1 aromatic carbocycles. The van der Waals surface area contributed by atoms with E-state index in [2.05, 4.69) is 52.1 Å². The van der Waals surface area contributed by atoms with E-state index in [1.165, 1.54) is 30.3 Å². The van der Waals surface area contributed by atoms with Crippen molar-refractivity contribution in [3.8, 4) is 0 Å². The van der Waals surface area contributed by atoms with Gasteiger partial charge in [0.1, 0.15) is 5.82 Å². The predicted octanol–water partition coefficient (Wildman–Crippen LogP) is 2.45. The zero-order valence-corrected chi connectivity index (χ0v) is 16.4. The van der Waals surface area contributed by atoms with E-state index < -0.39 is 0 Å². The second-order valence-corrected chi connectivity index (χ2v) is 8.12. The first-order valence-electron chi connectivity index (χ1n) is 10.4. The minimum atomic E-state index is 0.290. The van der Waals surface area contributed by atoms with Crippen molar-refractivity contribution in [3.05, 3.63) is 36.5 Å². The van der Waals surface area contributed by atoms with Crippen molar-refractivity contribution in [2.24, 2.45) is 5.92 Å². The molecule has 0 amide bonds. The van der Waals surface area contributed by atoms with Crippen molar-refractivity contribution in [2.45, 2.75) is 25.3 Å². The molecule has 5 heteroatoms. The highest BCUT2D eigenvalue weighted by Gasteiger charge is 2.34. The van der Waals surface area contributed by atoms with Crippen molar-refractivity contribution in [3.63, 3.8) is 0 Å². The second kappa shape index (κ2) is 8.55. The number of piperidine rings is 1. The largest absolute Gasteiger partial charge is 0.396 e. The fraction of sp³-hybridized carbons (Fsp3) is 0.591. The summed E-state index contributed by atoms with van der Waals surface area (Å²) in [6.45, 7) is 7.06. The SMILES string of the molecule is CN1CCN([C@H]2CCN(c3nccc4ccccc34)C[C@H]2CCCO)CC1. The molecule has 0 saturated carbocycles. The van der Waals surface area contributed by atoms with Gasteiger partial charge in [0.25, 0.3) is 0 Å². The third kappa shape index (κ3) is 4.10. The van der Waals surface area contributed by atoms with Crippen LogP contribution in [-0.4, -0.2) is 78.9 Å². The first-order chi connectivity index (χ1) is 13.3. The van der Waals surface area contributed by atoms with Crippen LogP contribution < -0.4 is 4.90 Å². The number of aliphatic hydroxyl groups excluding tert-OH is 1. The standard InChI is InChI=1S/C22H32N4O/c1-24-12-14-25(15-13-24)21-9-11-26(17-19(21)6-4-16-27)22-20-7-3-2-5-18(20)8-10-23-22/h2-3,5,7-8,10,19,21,27H,4,6,9,11-17H2,1H3/t19-,21+/m1/s1. The van der Waals surface area contributed by atoms with Crippen LogP contribution in [0.3, 0.4) is 0 Å². The first-order valence-corrected chi connectivity index (χ1v) is 10.4. The number of rotatable bonds is 5. The number of pyridine rings is 1. The van der Waals surface area contributed by atoms with E-state index in [0.717, 1.165) is 44.8 Å². The van der Waals surface area contributed by atoms with Crippen molar-refractivity contribution < 1.29 is 5.11 Å². The van der Waals surface area contributed by atoms with E-state index >= 15 is 0 Å². The van der Waals surface area contributed by atoms with Crippen LogP contribution in [0, 0.1) is 5.92 Å². The van der Waals surface area contributed by atoms with E-state index in [1.54, 1.807) is 0 Å². The van der Waals surface area contributed by atoms with Gasteiger partial charge in [0.15, 0.2) is 0 Å². The van der Waals surface area contributed by atoms with E-state index in [1.807, 2.05) is 6.20 Å². The Kier molecular flexibility index (Phi) is 5.91. The lowest BCUT2D eigenvalue weighted by Crippen LogP contribution is -2.56. The molecular weight excluding hydrogens is 336 g/mol. The number of hydrogen-bond acceptors (Lipinski definition) is 5. The Morgan fingerprint density at radius 2 is 1.89 bits per heavy atom. The van der Waals surface area contributed by atoms with Gasteiger partial charge in [0.05, 0.1) is 0 Å². The Balaban J connectivity index is 1.53. The third-order valence-corrected chi connectivity index (χ3v) is 6.39. The molecule has 0 spiro atoms. The summed E-state index contributed by atoms with van der Waals surface area (Å²) in [6, 6.07) is 11.3. The smallest absolute Gasteiger partial charge is 0.136 e. The topological polar surface area (TPSA) is 42.8 Å². The van der Waals surface area contributed by atoms with Gasteiger partial charge >= 0.3 is 0 Å². The Labute approximate surface area is 162 Å². The highest BCUT2D eigenvalue weighted by atomic mass is 16.2. The van der Waals surface area contributed by atoms with Crippen LogP contribution in [0.4, 0.5) is 5.82 Å². The maximum Gasteiger partial charge on any atom is 0.136 e. The highest BCUT2D eigenvalue weighted by molar-refractivity contribution is 5.92. The fourth-order valence-electron chi connectivity index (χ4n) is 4.84. The van der Waals surface area contributed by atoms with Crippen LogP contribution in [0.25, 0.3) is 10.8 Å². The number of benzene rings is 1. The van der Waals surface area contributed by atoms with E-state index in [-0.39, 0.29) is 0 Å². The molecule has 0 aliphatic carbocycles. The molecule has 1 aromatic heterocycles. The maximum absolute atomic E-state index is 9.41. The van der Waals surface area contributed by atoms with E-state index in [4.69, 9.17) is 4.98 Å². The Morgan fingerprint density at radius 3 is 2.70 bits per heavy atom. The van der Waals surface area contributed by atoms with Gasteiger partial charge in [-0.15, -0.1) is 0 Å². The lowest BCUT2D eigenvalue weighted by atomic mass is 9.86. The number of nitrogens with zero attached hydrogens (tertiary/aromatic N) is 4. The van der Waals surface area contributed by atoms with Gasteiger partial charge in [-0.05, 0) is 43.7 Å². The Bertz CT molecular complexity index is 739. The van der Waals surface area contributed by atoms with Crippen molar-refractivity contribution in [2.75, 3.05) is 57.8 Å². The van der Waals surface area contributed by atoms with Crippen molar-refractivity contribution >= 4 is 16.6 Å². The van der Waals surface area contributed by atoms with E-state index in [9.17, 15) is 5.11 Å². The molecule has 1 N–H and O–H groups in total. The summed E-state index contributed by atoms with van der Waals surface area (Å²) in [5, 5.41) is 11.9. The number of likely N-dealkylation sites (N-methyl/N-ethyl adjacent to an activating group) is 1. The number of piperazine rings is 1. The molecule has 0 bridgehead atoms. The second-order valence-electron chi connectivity index (χ2n) is 8.12. The van der Waals surface area contributed by atoms with Crippen LogP contribution in [0.15, 0.2) is 36.5 Å². The zero-order valence-electron chi connectivity index (χ0n) is 16.4. The molecule has 2 aliphatic rings. The number of aromatic nitrogens is 1. The summed E-state index contributed by atoms with van der Waals surface area (Å²) in [7, 11) is 2.22. The maximum atomic E-state index is 9.41. The molecule has 0 radical (unpaired) electrons. The molecule has 2 aromatic rings.